The van der Waals surface area contributed by atoms with E-state index < -0.39 is 0 Å². The Bertz CT molecular complexity index is 204. The zero-order chi connectivity index (χ0) is 9.40. The van der Waals surface area contributed by atoms with Crippen molar-refractivity contribution in [3.63, 3.8) is 0 Å². The summed E-state index contributed by atoms with van der Waals surface area (Å²) < 4.78 is 0.931. The molecule has 0 atom stereocenters. The van der Waals surface area contributed by atoms with Crippen LogP contribution in [0.15, 0.2) is 14.1 Å². The summed E-state index contributed by atoms with van der Waals surface area (Å²) in [5, 5.41) is 12.1. The van der Waals surface area contributed by atoms with E-state index in [-0.39, 0.29) is 6.61 Å². The number of hydrogen-bond acceptors (Lipinski definition) is 4. The van der Waals surface area contributed by atoms with Crippen LogP contribution in [0.4, 0.5) is 0 Å². The van der Waals surface area contributed by atoms with Crippen LogP contribution in [0.3, 0.4) is 0 Å². The number of nitrogens with zero attached hydrogens (tertiary/aromatic N) is 1. The molecular weight excluding hydrogens is 292 g/mol. The van der Waals surface area contributed by atoms with E-state index in [4.69, 9.17) is 5.11 Å². The van der Waals surface area contributed by atoms with Crippen LogP contribution >= 0.6 is 31.9 Å². The Morgan fingerprint density at radius 1 is 1.50 bits per heavy atom. The highest BCUT2D eigenvalue weighted by atomic mass is 79.9. The molecule has 4 nitrogen and oxygen atoms in total. The van der Waals surface area contributed by atoms with Crippen LogP contribution in [0.5, 0.6) is 0 Å². The topological polar surface area (TPSA) is 61.7 Å². The maximum Gasteiger partial charge on any atom is 0.158 e. The second-order valence-electron chi connectivity index (χ2n) is 1.70. The summed E-state index contributed by atoms with van der Waals surface area (Å²) in [6.07, 6.45) is 2.08. The van der Waals surface area contributed by atoms with Gasteiger partial charge >= 0.3 is 0 Å². The molecule has 0 amide bonds. The zero-order valence-electron chi connectivity index (χ0n) is 6.13. The van der Waals surface area contributed by atoms with Gasteiger partial charge in [-0.1, -0.05) is 0 Å². The fourth-order valence-electron chi connectivity index (χ4n) is 0.335. The Balaban J connectivity index is 3.90. The summed E-state index contributed by atoms with van der Waals surface area (Å²) in [6.45, 7) is 0.406. The molecule has 0 aromatic heterocycles. The van der Waals surface area contributed by atoms with Gasteiger partial charge < -0.3 is 10.5 Å². The molecule has 12 heavy (non-hydrogen) atoms. The van der Waals surface area contributed by atoms with Gasteiger partial charge in [0.05, 0.1) is 28.3 Å². The van der Waals surface area contributed by atoms with Gasteiger partial charge in [0.15, 0.2) is 6.29 Å². The maximum atomic E-state index is 10.2. The number of allylic oxidation sites excluding steroid dienone is 2. The smallest absolute Gasteiger partial charge is 0.158 e. The molecule has 6 heteroatoms. The normalized spacial score (nSPS) is 12.9. The molecule has 0 rings (SSSR count). The molecule has 0 fully saturated rings. The quantitative estimate of drug-likeness (QED) is 0.259. The minimum Gasteiger partial charge on any atom is -0.394 e. The van der Waals surface area contributed by atoms with Crippen LogP contribution in [0.1, 0.15) is 0 Å². The summed E-state index contributed by atoms with van der Waals surface area (Å²) in [5.41, 5.74) is 2.56. The number of hydrogen-bond donors (Lipinski definition) is 2. The molecule has 0 unspecified atom stereocenters. The fourth-order valence-corrected chi connectivity index (χ4v) is 0.633. The van der Waals surface area contributed by atoms with Crippen LogP contribution < -0.4 is 5.43 Å². The van der Waals surface area contributed by atoms with Crippen molar-refractivity contribution in [1.29, 1.82) is 0 Å². The summed E-state index contributed by atoms with van der Waals surface area (Å²) in [6, 6.07) is 0. The highest BCUT2D eigenvalue weighted by Gasteiger charge is 1.94. The largest absolute Gasteiger partial charge is 0.394 e. The van der Waals surface area contributed by atoms with Gasteiger partial charge in [-0.05, 0) is 31.9 Å². The Hall–Kier alpha value is -0.200. The standard InChI is InChI=1S/C6H8Br2N2O2/c7-5(6(8)4-12)3-10-9-1-2-11/h3-4,9,11H,1-2H2/b6-5-,10-3-. The minimum absolute atomic E-state index is 0.0214. The summed E-state index contributed by atoms with van der Waals surface area (Å²) in [4.78, 5) is 10.2. The first-order valence-electron chi connectivity index (χ1n) is 3.09. The predicted octanol–water partition coefficient (Wildman–Crippen LogP) is 0.754. The number of hydrazone groups is 1. The Morgan fingerprint density at radius 2 is 2.17 bits per heavy atom. The summed E-state index contributed by atoms with van der Waals surface area (Å²) in [5.74, 6) is 0. The molecule has 68 valence electrons. The highest BCUT2D eigenvalue weighted by molar-refractivity contribution is 9.14. The van der Waals surface area contributed by atoms with Crippen molar-refractivity contribution in [1.82, 2.24) is 5.43 Å². The van der Waals surface area contributed by atoms with Crippen LogP contribution in [-0.2, 0) is 4.79 Å². The van der Waals surface area contributed by atoms with Gasteiger partial charge in [-0.15, -0.1) is 0 Å². The van der Waals surface area contributed by atoms with Gasteiger partial charge in [-0.2, -0.15) is 5.10 Å². The van der Waals surface area contributed by atoms with Crippen molar-refractivity contribution in [2.24, 2.45) is 5.10 Å². The third kappa shape index (κ3) is 5.45. The monoisotopic (exact) mass is 298 g/mol. The van der Waals surface area contributed by atoms with Crippen LogP contribution in [0.25, 0.3) is 0 Å². The number of aliphatic hydroxyl groups excluding tert-OH is 1. The number of aldehydes is 1. The van der Waals surface area contributed by atoms with Gasteiger partial charge in [0.2, 0.25) is 0 Å². The van der Waals surface area contributed by atoms with Gasteiger partial charge in [0.1, 0.15) is 0 Å². The minimum atomic E-state index is 0.0214. The van der Waals surface area contributed by atoms with Gasteiger partial charge in [0.25, 0.3) is 0 Å². The first kappa shape index (κ1) is 11.8. The summed E-state index contributed by atoms with van der Waals surface area (Å²) >= 11 is 6.11. The van der Waals surface area contributed by atoms with Gasteiger partial charge in [-0.3, -0.25) is 4.79 Å². The van der Waals surface area contributed by atoms with Crippen molar-refractivity contribution in [3.8, 4) is 0 Å². The van der Waals surface area contributed by atoms with E-state index in [0.29, 0.717) is 21.8 Å². The third-order valence-corrected chi connectivity index (χ3v) is 2.60. The average Bonchev–Trinajstić information content (AvgIpc) is 2.10. The van der Waals surface area contributed by atoms with E-state index in [0.717, 1.165) is 0 Å². The molecule has 0 heterocycles. The van der Waals surface area contributed by atoms with Crippen molar-refractivity contribution in [2.75, 3.05) is 13.2 Å². The van der Waals surface area contributed by atoms with Crippen LogP contribution in [-0.4, -0.2) is 30.8 Å². The van der Waals surface area contributed by atoms with Crippen molar-refractivity contribution in [2.45, 2.75) is 0 Å². The SMILES string of the molecule is O=C/C(Br)=C(Br)\C=N/NCCO. The highest BCUT2D eigenvalue weighted by Crippen LogP contribution is 2.12. The van der Waals surface area contributed by atoms with E-state index in [1.54, 1.807) is 0 Å². The zero-order valence-corrected chi connectivity index (χ0v) is 9.30. The van der Waals surface area contributed by atoms with E-state index in [2.05, 4.69) is 42.4 Å². The number of aliphatic hydroxyl groups is 1. The molecule has 0 spiro atoms. The molecule has 0 saturated heterocycles. The Morgan fingerprint density at radius 3 is 2.67 bits per heavy atom. The van der Waals surface area contributed by atoms with Crippen LogP contribution in [0, 0.1) is 0 Å². The lowest BCUT2D eigenvalue weighted by atomic mass is 10.5. The van der Waals surface area contributed by atoms with Crippen molar-refractivity contribution in [3.05, 3.63) is 8.96 Å². The van der Waals surface area contributed by atoms with Gasteiger partial charge in [-0.25, -0.2) is 0 Å². The predicted molar refractivity (Wildman–Crippen MR) is 54.5 cm³/mol. The Kier molecular flexibility index (Phi) is 7.33. The molecule has 2 N–H and O–H groups in total. The molecule has 0 aromatic carbocycles. The molecule has 0 aromatic rings. The second kappa shape index (κ2) is 7.45. The lowest BCUT2D eigenvalue weighted by Gasteiger charge is -1.94. The molecule has 0 aliphatic heterocycles. The van der Waals surface area contributed by atoms with Crippen molar-refractivity contribution < 1.29 is 9.90 Å². The number of halogens is 2. The average molecular weight is 300 g/mol. The molecule has 0 radical (unpaired) electrons. The lowest BCUT2D eigenvalue weighted by molar-refractivity contribution is -0.104. The third-order valence-electron chi connectivity index (χ3n) is 0.824. The van der Waals surface area contributed by atoms with E-state index in [1.807, 2.05) is 0 Å². The number of rotatable bonds is 5. The molecular formula is C6H8Br2N2O2. The summed E-state index contributed by atoms with van der Waals surface area (Å²) in [7, 11) is 0. The van der Waals surface area contributed by atoms with E-state index in [9.17, 15) is 4.79 Å². The van der Waals surface area contributed by atoms with Crippen LogP contribution in [0.2, 0.25) is 0 Å². The number of carbonyl (C=O) groups is 1. The first-order chi connectivity index (χ1) is 5.72. The van der Waals surface area contributed by atoms with E-state index in [1.165, 1.54) is 6.21 Å². The first-order valence-corrected chi connectivity index (χ1v) is 4.68. The molecule has 0 bridgehead atoms. The van der Waals surface area contributed by atoms with Crippen molar-refractivity contribution >= 4 is 44.4 Å². The molecule has 0 aliphatic rings. The Labute approximate surface area is 87.0 Å². The second-order valence-corrected chi connectivity index (χ2v) is 3.41. The fraction of sp³-hybridized carbons (Fsp3) is 0.333. The molecule has 0 saturated carbocycles. The lowest BCUT2D eigenvalue weighted by Crippen LogP contribution is -2.11. The number of nitrogens with one attached hydrogen (secondary N) is 1. The molecule has 0 aliphatic carbocycles. The maximum absolute atomic E-state index is 10.2. The van der Waals surface area contributed by atoms with Gasteiger partial charge in [0, 0.05) is 0 Å². The van der Waals surface area contributed by atoms with E-state index >= 15 is 0 Å². The number of carbonyl (C=O) groups excluding carboxylic acids is 1.